The Labute approximate surface area is 156 Å². The van der Waals surface area contributed by atoms with Crippen molar-refractivity contribution in [2.45, 2.75) is 59.8 Å². The van der Waals surface area contributed by atoms with Gasteiger partial charge in [0.05, 0.1) is 17.9 Å². The third kappa shape index (κ3) is 4.64. The molecule has 0 spiro atoms. The number of quaternary nitrogens is 1. The van der Waals surface area contributed by atoms with Crippen molar-refractivity contribution in [1.29, 1.82) is 0 Å². The van der Waals surface area contributed by atoms with Crippen LogP contribution < -0.4 is 22.7 Å². The normalized spacial score (nSPS) is 10.5. The third-order valence-corrected chi connectivity index (χ3v) is 4.72. The highest BCUT2D eigenvalue weighted by Crippen LogP contribution is 2.30. The molecule has 0 aliphatic carbocycles. The topological polar surface area (TPSA) is 53.4 Å². The Hall–Kier alpha value is -1.26. The summed E-state index contributed by atoms with van der Waals surface area (Å²) in [5.41, 5.74) is 12.6. The number of nitrogens with zero attached hydrogens (tertiary/aromatic N) is 2. The third-order valence-electron chi connectivity index (χ3n) is 4.72. The Morgan fingerprint density at radius 2 is 1.75 bits per heavy atom. The molecule has 0 bridgehead atoms. The van der Waals surface area contributed by atoms with Crippen LogP contribution in [-0.4, -0.2) is 16.5 Å². The lowest BCUT2D eigenvalue weighted by atomic mass is 9.93. The largest absolute Gasteiger partial charge is 1.00 e. The van der Waals surface area contributed by atoms with E-state index in [0.717, 1.165) is 42.9 Å². The zero-order valence-corrected chi connectivity index (χ0v) is 17.0. The summed E-state index contributed by atoms with van der Waals surface area (Å²) in [5, 5.41) is 0. The van der Waals surface area contributed by atoms with Crippen LogP contribution in [0.25, 0.3) is 11.4 Å². The van der Waals surface area contributed by atoms with E-state index in [1.165, 1.54) is 35.1 Å². The lowest BCUT2D eigenvalue weighted by molar-refractivity contribution is -0.368. The minimum atomic E-state index is 0. The zero-order chi connectivity index (χ0) is 16.8. The van der Waals surface area contributed by atoms with Gasteiger partial charge in [0.25, 0.3) is 0 Å². The molecular weight excluding hydrogens is 362 g/mol. The first-order chi connectivity index (χ1) is 11.1. The van der Waals surface area contributed by atoms with Gasteiger partial charge in [-0.1, -0.05) is 19.4 Å². The summed E-state index contributed by atoms with van der Waals surface area (Å²) < 4.78 is 0. The minimum Gasteiger partial charge on any atom is -1.00 e. The standard InChI is InChI=1S/C20H29N3.BrH/c1-5-6-9-17-10-8-13-22-19(17)20-18(11-7-12-21)15(3)14(2)16(4)23-20;/h8,10,13H,5-7,9,11-12,21H2,1-4H3;1H. The fraction of sp³-hybridized carbons (Fsp3) is 0.500. The molecule has 0 saturated carbocycles. The van der Waals surface area contributed by atoms with Gasteiger partial charge in [-0.2, -0.15) is 0 Å². The van der Waals surface area contributed by atoms with Crippen molar-refractivity contribution in [3.05, 3.63) is 46.3 Å². The number of aromatic nitrogens is 2. The maximum Gasteiger partial charge on any atom is 0.0926 e. The summed E-state index contributed by atoms with van der Waals surface area (Å²) in [6.07, 6.45) is 7.47. The van der Waals surface area contributed by atoms with E-state index in [1.54, 1.807) is 0 Å². The summed E-state index contributed by atoms with van der Waals surface area (Å²) in [7, 11) is 0. The van der Waals surface area contributed by atoms with Gasteiger partial charge in [0, 0.05) is 18.3 Å². The van der Waals surface area contributed by atoms with E-state index in [-0.39, 0.29) is 17.0 Å². The van der Waals surface area contributed by atoms with Crippen LogP contribution in [0.3, 0.4) is 0 Å². The van der Waals surface area contributed by atoms with E-state index in [9.17, 15) is 0 Å². The number of aryl methyl sites for hydroxylation is 2. The highest BCUT2D eigenvalue weighted by molar-refractivity contribution is 5.65. The van der Waals surface area contributed by atoms with Crippen molar-refractivity contribution in [1.82, 2.24) is 9.97 Å². The monoisotopic (exact) mass is 391 g/mol. The van der Waals surface area contributed by atoms with E-state index >= 15 is 0 Å². The van der Waals surface area contributed by atoms with Gasteiger partial charge in [-0.3, -0.25) is 9.97 Å². The molecule has 0 aliphatic rings. The van der Waals surface area contributed by atoms with Crippen LogP contribution in [0.2, 0.25) is 0 Å². The fourth-order valence-corrected chi connectivity index (χ4v) is 3.02. The SMILES string of the molecule is CCCCc1cccnc1-c1nc(C)c(C)c(C)c1CCC[NH3+].[Br-]. The average molecular weight is 392 g/mol. The molecule has 2 aromatic rings. The number of hydrogen-bond acceptors (Lipinski definition) is 2. The van der Waals surface area contributed by atoms with Crippen molar-refractivity contribution in [3.63, 3.8) is 0 Å². The molecule has 0 atom stereocenters. The highest BCUT2D eigenvalue weighted by atomic mass is 79.9. The second kappa shape index (κ2) is 9.90. The Morgan fingerprint density at radius 1 is 1.00 bits per heavy atom. The molecule has 2 aromatic heterocycles. The van der Waals surface area contributed by atoms with Gasteiger partial charge in [-0.05, 0) is 68.4 Å². The van der Waals surface area contributed by atoms with E-state index in [4.69, 9.17) is 9.97 Å². The Morgan fingerprint density at radius 3 is 2.42 bits per heavy atom. The molecule has 0 amide bonds. The van der Waals surface area contributed by atoms with Gasteiger partial charge in [0.2, 0.25) is 0 Å². The van der Waals surface area contributed by atoms with Crippen LogP contribution >= 0.6 is 0 Å². The molecule has 0 saturated heterocycles. The summed E-state index contributed by atoms with van der Waals surface area (Å²) in [6.45, 7) is 9.68. The smallest absolute Gasteiger partial charge is 0.0926 e. The van der Waals surface area contributed by atoms with Crippen LogP contribution in [-0.2, 0) is 12.8 Å². The van der Waals surface area contributed by atoms with E-state index in [1.807, 2.05) is 12.3 Å². The number of hydrogen-bond donors (Lipinski definition) is 1. The zero-order valence-electron chi connectivity index (χ0n) is 15.5. The first kappa shape index (κ1) is 20.8. The Bertz CT molecular complexity index is 668. The van der Waals surface area contributed by atoms with Crippen molar-refractivity contribution >= 4 is 0 Å². The number of halogens is 1. The second-order valence-corrected chi connectivity index (χ2v) is 6.35. The molecule has 24 heavy (non-hydrogen) atoms. The van der Waals surface area contributed by atoms with Gasteiger partial charge < -0.3 is 22.7 Å². The molecule has 3 nitrogen and oxygen atoms in total. The van der Waals surface area contributed by atoms with Gasteiger partial charge >= 0.3 is 0 Å². The maximum atomic E-state index is 4.94. The molecule has 0 fully saturated rings. The van der Waals surface area contributed by atoms with Gasteiger partial charge in [-0.25, -0.2) is 0 Å². The molecule has 2 rings (SSSR count). The molecule has 0 aromatic carbocycles. The van der Waals surface area contributed by atoms with Crippen LogP contribution in [0.15, 0.2) is 18.3 Å². The number of unbranched alkanes of at least 4 members (excludes halogenated alkanes) is 1. The van der Waals surface area contributed by atoms with Crippen molar-refractivity contribution in [3.8, 4) is 11.4 Å². The average Bonchev–Trinajstić information content (AvgIpc) is 2.57. The summed E-state index contributed by atoms with van der Waals surface area (Å²) >= 11 is 0. The summed E-state index contributed by atoms with van der Waals surface area (Å²) in [5.74, 6) is 0. The molecule has 132 valence electrons. The van der Waals surface area contributed by atoms with Crippen LogP contribution in [0.1, 0.15) is 54.1 Å². The van der Waals surface area contributed by atoms with Crippen molar-refractivity contribution < 1.29 is 22.7 Å². The Balaban J connectivity index is 0.00000288. The lowest BCUT2D eigenvalue weighted by Gasteiger charge is -2.17. The highest BCUT2D eigenvalue weighted by Gasteiger charge is 2.17. The molecule has 0 radical (unpaired) electrons. The molecule has 4 heteroatoms. The van der Waals surface area contributed by atoms with Gasteiger partial charge in [0.1, 0.15) is 0 Å². The predicted molar refractivity (Wildman–Crippen MR) is 96.4 cm³/mol. The van der Waals surface area contributed by atoms with E-state index in [0.29, 0.717) is 0 Å². The fourth-order valence-electron chi connectivity index (χ4n) is 3.02. The lowest BCUT2D eigenvalue weighted by Crippen LogP contribution is -3.00. The molecule has 2 heterocycles. The van der Waals surface area contributed by atoms with E-state index in [2.05, 4.69) is 39.5 Å². The molecule has 0 unspecified atom stereocenters. The predicted octanol–water partition coefficient (Wildman–Crippen LogP) is 0.590. The first-order valence-electron chi connectivity index (χ1n) is 8.80. The number of rotatable bonds is 7. The van der Waals surface area contributed by atoms with Crippen molar-refractivity contribution in [2.24, 2.45) is 0 Å². The van der Waals surface area contributed by atoms with Crippen LogP contribution in [0.5, 0.6) is 0 Å². The van der Waals surface area contributed by atoms with Crippen molar-refractivity contribution in [2.75, 3.05) is 6.54 Å². The van der Waals surface area contributed by atoms with Crippen LogP contribution in [0, 0.1) is 20.8 Å². The Kier molecular flexibility index (Phi) is 8.57. The van der Waals surface area contributed by atoms with Gasteiger partial charge in [-0.15, -0.1) is 0 Å². The molecular formula is C20H30BrN3. The second-order valence-electron chi connectivity index (χ2n) is 6.35. The van der Waals surface area contributed by atoms with E-state index < -0.39 is 0 Å². The summed E-state index contributed by atoms with van der Waals surface area (Å²) in [4.78, 5) is 9.65. The summed E-state index contributed by atoms with van der Waals surface area (Å²) in [6, 6.07) is 4.24. The number of pyridine rings is 2. The maximum absolute atomic E-state index is 4.94. The molecule has 3 N–H and O–H groups in total. The quantitative estimate of drug-likeness (QED) is 0.750. The molecule has 0 aliphatic heterocycles. The van der Waals surface area contributed by atoms with Gasteiger partial charge in [0.15, 0.2) is 0 Å². The van der Waals surface area contributed by atoms with Crippen LogP contribution in [0.4, 0.5) is 0 Å². The minimum absolute atomic E-state index is 0. The first-order valence-corrected chi connectivity index (χ1v) is 8.80.